The molecule has 0 aromatic heterocycles. The number of hydrogen-bond acceptors (Lipinski definition) is 3. The minimum atomic E-state index is -0.971. The molecule has 0 aliphatic carbocycles. The maximum Gasteiger partial charge on any atom is 0.330 e. The first kappa shape index (κ1) is 13.3. The molecule has 0 aliphatic heterocycles. The molecule has 2 N–H and O–H groups in total. The zero-order chi connectivity index (χ0) is 12.7. The number of aliphatic hydroxyl groups excluding tert-OH is 1. The molecule has 0 saturated heterocycles. The average Bonchev–Trinajstić information content (AvgIpc) is 2.34. The zero-order valence-corrected chi connectivity index (χ0v) is 9.67. The van der Waals surface area contributed by atoms with E-state index in [4.69, 9.17) is 9.84 Å². The molecule has 1 aromatic carbocycles. The molecular weight excluding hydrogens is 220 g/mol. The number of ether oxygens (including phenoxy) is 1. The molecule has 0 heterocycles. The number of benzene rings is 1. The number of para-hydroxylation sites is 1. The highest BCUT2D eigenvalue weighted by atomic mass is 16.5. The largest absolute Gasteiger partial charge is 0.491 e. The predicted molar refractivity (Wildman–Crippen MR) is 64.0 cm³/mol. The quantitative estimate of drug-likeness (QED) is 0.740. The topological polar surface area (TPSA) is 66.8 Å². The Morgan fingerprint density at radius 1 is 1.41 bits per heavy atom. The van der Waals surface area contributed by atoms with Gasteiger partial charge < -0.3 is 14.9 Å². The summed E-state index contributed by atoms with van der Waals surface area (Å²) >= 11 is 0. The van der Waals surface area contributed by atoms with Crippen LogP contribution in [-0.4, -0.2) is 28.9 Å². The van der Waals surface area contributed by atoms with E-state index >= 15 is 0 Å². The monoisotopic (exact) mass is 236 g/mol. The third-order valence-corrected chi connectivity index (χ3v) is 2.22. The van der Waals surface area contributed by atoms with E-state index < -0.39 is 12.1 Å². The van der Waals surface area contributed by atoms with E-state index in [0.717, 1.165) is 0 Å². The lowest BCUT2D eigenvalue weighted by molar-refractivity contribution is -0.132. The van der Waals surface area contributed by atoms with Gasteiger partial charge in [0.15, 0.2) is 0 Å². The minimum Gasteiger partial charge on any atom is -0.491 e. The molecule has 0 fully saturated rings. The summed E-state index contributed by atoms with van der Waals surface area (Å²) in [4.78, 5) is 10.5. The van der Waals surface area contributed by atoms with E-state index in [9.17, 15) is 9.90 Å². The lowest BCUT2D eigenvalue weighted by Crippen LogP contribution is -2.16. The molecule has 0 radical (unpaired) electrons. The second-order valence-electron chi connectivity index (χ2n) is 3.71. The third-order valence-electron chi connectivity index (χ3n) is 2.22. The Hall–Kier alpha value is -1.81. The molecule has 1 aromatic rings. The van der Waals surface area contributed by atoms with Crippen LogP contribution < -0.4 is 4.74 Å². The molecule has 1 rings (SSSR count). The van der Waals surface area contributed by atoms with Crippen LogP contribution in [0.2, 0.25) is 0 Å². The number of hydrogen-bond donors (Lipinski definition) is 2. The molecule has 0 spiro atoms. The second kappa shape index (κ2) is 6.70. The summed E-state index contributed by atoms with van der Waals surface area (Å²) in [7, 11) is 0. The molecule has 4 heteroatoms. The van der Waals surface area contributed by atoms with Crippen LogP contribution in [0.1, 0.15) is 13.3 Å². The normalized spacial score (nSPS) is 13.2. The lowest BCUT2D eigenvalue weighted by atomic mass is 10.2. The van der Waals surface area contributed by atoms with Crippen LogP contribution in [0.5, 0.6) is 5.75 Å². The Balaban J connectivity index is 2.33. The van der Waals surface area contributed by atoms with Crippen LogP contribution in [0.3, 0.4) is 0 Å². The summed E-state index contributed by atoms with van der Waals surface area (Å²) in [5, 5.41) is 18.2. The van der Waals surface area contributed by atoms with Crippen LogP contribution in [0.4, 0.5) is 0 Å². The fraction of sp³-hybridized carbons (Fsp3) is 0.308. The number of aliphatic hydroxyl groups is 1. The van der Waals surface area contributed by atoms with Crippen molar-refractivity contribution < 1.29 is 19.7 Å². The molecule has 0 aliphatic rings. The van der Waals surface area contributed by atoms with Crippen molar-refractivity contribution in [2.24, 2.45) is 0 Å². The van der Waals surface area contributed by atoms with Gasteiger partial charge in [-0.25, -0.2) is 4.79 Å². The standard InChI is InChI=1S/C13H16O4/c1-10(13(15)16)7-8-11(14)9-17-12-5-3-2-4-6-12/h2-7,11,14H,8-9H2,1H3,(H,15,16). The molecule has 17 heavy (non-hydrogen) atoms. The summed E-state index contributed by atoms with van der Waals surface area (Å²) in [5.41, 5.74) is 0.226. The molecular formula is C13H16O4. The lowest BCUT2D eigenvalue weighted by Gasteiger charge is -2.10. The van der Waals surface area contributed by atoms with E-state index in [2.05, 4.69) is 0 Å². The van der Waals surface area contributed by atoms with Gasteiger partial charge in [0, 0.05) is 5.57 Å². The van der Waals surface area contributed by atoms with Gasteiger partial charge in [0.05, 0.1) is 6.10 Å². The highest BCUT2D eigenvalue weighted by Gasteiger charge is 2.05. The van der Waals surface area contributed by atoms with Crippen molar-refractivity contribution in [1.29, 1.82) is 0 Å². The van der Waals surface area contributed by atoms with E-state index in [1.165, 1.54) is 13.0 Å². The molecule has 92 valence electrons. The van der Waals surface area contributed by atoms with E-state index in [1.54, 1.807) is 12.1 Å². The molecule has 0 saturated carbocycles. The van der Waals surface area contributed by atoms with Gasteiger partial charge in [-0.2, -0.15) is 0 Å². The maximum atomic E-state index is 10.5. The minimum absolute atomic E-state index is 0.146. The Morgan fingerprint density at radius 2 is 2.06 bits per heavy atom. The van der Waals surface area contributed by atoms with Crippen LogP contribution in [0.15, 0.2) is 42.0 Å². The van der Waals surface area contributed by atoms with Crippen molar-refractivity contribution in [3.05, 3.63) is 42.0 Å². The van der Waals surface area contributed by atoms with Crippen LogP contribution in [-0.2, 0) is 4.79 Å². The number of carboxylic acid groups (broad SMARTS) is 1. The van der Waals surface area contributed by atoms with Crippen LogP contribution >= 0.6 is 0 Å². The molecule has 4 nitrogen and oxygen atoms in total. The summed E-state index contributed by atoms with van der Waals surface area (Å²) in [6.07, 6.45) is 1.05. The number of rotatable bonds is 6. The van der Waals surface area contributed by atoms with Crippen molar-refractivity contribution in [1.82, 2.24) is 0 Å². The Kier molecular flexibility index (Phi) is 5.23. The van der Waals surface area contributed by atoms with Crippen molar-refractivity contribution in [2.75, 3.05) is 6.61 Å². The molecule has 0 bridgehead atoms. The third kappa shape index (κ3) is 5.17. The van der Waals surface area contributed by atoms with E-state index in [-0.39, 0.29) is 18.6 Å². The molecule has 1 atom stereocenters. The fourth-order valence-electron chi connectivity index (χ4n) is 1.18. The van der Waals surface area contributed by atoms with Gasteiger partial charge in [0.1, 0.15) is 12.4 Å². The van der Waals surface area contributed by atoms with E-state index in [0.29, 0.717) is 5.75 Å². The Labute approximate surface area is 100 Å². The van der Waals surface area contributed by atoms with Gasteiger partial charge in [0.25, 0.3) is 0 Å². The second-order valence-corrected chi connectivity index (χ2v) is 3.71. The van der Waals surface area contributed by atoms with Crippen molar-refractivity contribution in [3.8, 4) is 5.75 Å². The average molecular weight is 236 g/mol. The van der Waals surface area contributed by atoms with Crippen molar-refractivity contribution >= 4 is 5.97 Å². The fourth-order valence-corrected chi connectivity index (χ4v) is 1.18. The number of aliphatic carboxylic acids is 1. The first-order valence-electron chi connectivity index (χ1n) is 5.35. The highest BCUT2D eigenvalue weighted by Crippen LogP contribution is 2.09. The number of carbonyl (C=O) groups is 1. The van der Waals surface area contributed by atoms with Gasteiger partial charge in [-0.15, -0.1) is 0 Å². The highest BCUT2D eigenvalue weighted by molar-refractivity contribution is 5.85. The Bertz CT molecular complexity index is 384. The van der Waals surface area contributed by atoms with Crippen LogP contribution in [0.25, 0.3) is 0 Å². The smallest absolute Gasteiger partial charge is 0.330 e. The summed E-state index contributed by atoms with van der Waals surface area (Å²) in [6, 6.07) is 9.16. The molecule has 1 unspecified atom stereocenters. The molecule has 0 amide bonds. The SMILES string of the molecule is CC(=CCC(O)COc1ccccc1)C(=O)O. The van der Waals surface area contributed by atoms with E-state index in [1.807, 2.05) is 18.2 Å². The maximum absolute atomic E-state index is 10.5. The summed E-state index contributed by atoms with van der Waals surface area (Å²) in [6.45, 7) is 1.64. The van der Waals surface area contributed by atoms with Gasteiger partial charge in [-0.3, -0.25) is 0 Å². The van der Waals surface area contributed by atoms with Crippen molar-refractivity contribution in [3.63, 3.8) is 0 Å². The zero-order valence-electron chi connectivity index (χ0n) is 9.67. The van der Waals surface area contributed by atoms with Crippen molar-refractivity contribution in [2.45, 2.75) is 19.4 Å². The van der Waals surface area contributed by atoms with Gasteiger partial charge >= 0.3 is 5.97 Å². The van der Waals surface area contributed by atoms with Gasteiger partial charge in [-0.1, -0.05) is 24.3 Å². The van der Waals surface area contributed by atoms with Crippen LogP contribution in [0, 0.1) is 0 Å². The first-order valence-corrected chi connectivity index (χ1v) is 5.35. The van der Waals surface area contributed by atoms with Gasteiger partial charge in [-0.05, 0) is 25.5 Å². The first-order chi connectivity index (χ1) is 8.09. The summed E-state index contributed by atoms with van der Waals surface area (Å²) < 4.78 is 5.33. The summed E-state index contributed by atoms with van der Waals surface area (Å²) in [5.74, 6) is -0.285. The predicted octanol–water partition coefficient (Wildman–Crippen LogP) is 1.85. The van der Waals surface area contributed by atoms with Gasteiger partial charge in [0.2, 0.25) is 0 Å². The Morgan fingerprint density at radius 3 is 2.65 bits per heavy atom. The number of carboxylic acids is 1.